The number of rotatable bonds is 4. The van der Waals surface area contributed by atoms with Crippen LogP contribution < -0.4 is 10.6 Å². The molecule has 0 saturated heterocycles. The summed E-state index contributed by atoms with van der Waals surface area (Å²) in [6, 6.07) is 4.83. The first-order valence-electron chi connectivity index (χ1n) is 8.93. The fourth-order valence-corrected chi connectivity index (χ4v) is 3.55. The molecule has 5 nitrogen and oxygen atoms in total. The number of hydrogen-bond acceptors (Lipinski definition) is 5. The summed E-state index contributed by atoms with van der Waals surface area (Å²) in [5.41, 5.74) is 4.71. The predicted octanol–water partition coefficient (Wildman–Crippen LogP) is 4.68. The molecule has 0 amide bonds. The van der Waals surface area contributed by atoms with Crippen molar-refractivity contribution in [3.05, 3.63) is 35.0 Å². The van der Waals surface area contributed by atoms with Gasteiger partial charge in [0.2, 0.25) is 5.95 Å². The van der Waals surface area contributed by atoms with Gasteiger partial charge in [-0.05, 0) is 44.7 Å². The lowest BCUT2D eigenvalue weighted by Crippen LogP contribution is -2.19. The Morgan fingerprint density at radius 3 is 2.29 bits per heavy atom. The van der Waals surface area contributed by atoms with Crippen LogP contribution in [0.4, 0.5) is 17.5 Å². The molecule has 1 aromatic heterocycles. The maximum Gasteiger partial charge on any atom is 0.249 e. The highest BCUT2D eigenvalue weighted by Crippen LogP contribution is 2.25. The average Bonchev–Trinajstić information content (AvgIpc) is 2.80. The molecule has 128 valence electrons. The fraction of sp³-hybridized carbons (Fsp3) is 0.526. The van der Waals surface area contributed by atoms with Crippen LogP contribution in [-0.4, -0.2) is 21.2 Å². The molecule has 0 aliphatic heterocycles. The Bertz CT molecular complexity index is 667. The van der Waals surface area contributed by atoms with Crippen LogP contribution in [0.1, 0.15) is 55.2 Å². The van der Waals surface area contributed by atoms with Crippen molar-refractivity contribution in [3.8, 4) is 0 Å². The van der Waals surface area contributed by atoms with E-state index in [1.807, 2.05) is 0 Å². The summed E-state index contributed by atoms with van der Waals surface area (Å²) >= 11 is 0. The van der Waals surface area contributed by atoms with Crippen molar-refractivity contribution in [1.82, 2.24) is 15.2 Å². The van der Waals surface area contributed by atoms with Crippen LogP contribution in [0, 0.1) is 20.8 Å². The molecular weight excluding hydrogens is 298 g/mol. The minimum absolute atomic E-state index is 0.500. The van der Waals surface area contributed by atoms with Crippen molar-refractivity contribution in [1.29, 1.82) is 0 Å². The van der Waals surface area contributed by atoms with E-state index in [4.69, 9.17) is 0 Å². The van der Waals surface area contributed by atoms with Crippen LogP contribution in [-0.2, 0) is 0 Å². The maximum absolute atomic E-state index is 4.60. The highest BCUT2D eigenvalue weighted by atomic mass is 15.3. The summed E-state index contributed by atoms with van der Waals surface area (Å²) < 4.78 is 0. The van der Waals surface area contributed by atoms with Crippen LogP contribution in [0.15, 0.2) is 18.3 Å². The highest BCUT2D eigenvalue weighted by Gasteiger charge is 2.13. The fourth-order valence-electron chi connectivity index (χ4n) is 3.55. The van der Waals surface area contributed by atoms with Crippen molar-refractivity contribution >= 4 is 17.5 Å². The van der Waals surface area contributed by atoms with E-state index in [2.05, 4.69) is 58.7 Å². The van der Waals surface area contributed by atoms with E-state index in [-0.39, 0.29) is 0 Å². The molecule has 1 aliphatic carbocycles. The van der Waals surface area contributed by atoms with Gasteiger partial charge in [-0.3, -0.25) is 0 Å². The van der Waals surface area contributed by atoms with Gasteiger partial charge in [0, 0.05) is 11.7 Å². The zero-order valence-corrected chi connectivity index (χ0v) is 14.9. The van der Waals surface area contributed by atoms with Crippen molar-refractivity contribution in [2.45, 2.75) is 65.3 Å². The second-order valence-electron chi connectivity index (χ2n) is 6.90. The standard InChI is InChI=1S/C19H27N5/c1-13-10-14(2)18(15(3)11-13)23-19-22-17(12-20-24-19)21-16-8-6-4-5-7-9-16/h10-12,16H,4-9H2,1-3H3,(H2,21,22,23,24). The minimum atomic E-state index is 0.500. The van der Waals surface area contributed by atoms with E-state index in [9.17, 15) is 0 Å². The van der Waals surface area contributed by atoms with Gasteiger partial charge < -0.3 is 10.6 Å². The number of hydrogen-bond donors (Lipinski definition) is 2. The molecule has 1 aliphatic rings. The normalized spacial score (nSPS) is 15.8. The van der Waals surface area contributed by atoms with E-state index >= 15 is 0 Å². The highest BCUT2D eigenvalue weighted by molar-refractivity contribution is 5.64. The molecule has 24 heavy (non-hydrogen) atoms. The minimum Gasteiger partial charge on any atom is -0.366 e. The second-order valence-corrected chi connectivity index (χ2v) is 6.90. The molecule has 0 radical (unpaired) electrons. The third-order valence-electron chi connectivity index (χ3n) is 4.68. The lowest BCUT2D eigenvalue weighted by molar-refractivity contribution is 0.617. The van der Waals surface area contributed by atoms with Gasteiger partial charge in [-0.2, -0.15) is 10.1 Å². The van der Waals surface area contributed by atoms with Crippen molar-refractivity contribution < 1.29 is 0 Å². The first kappa shape index (κ1) is 16.7. The zero-order chi connectivity index (χ0) is 16.9. The Balaban J connectivity index is 1.73. The molecule has 1 heterocycles. The van der Waals surface area contributed by atoms with Crippen LogP contribution >= 0.6 is 0 Å². The molecule has 1 fully saturated rings. The quantitative estimate of drug-likeness (QED) is 0.799. The van der Waals surface area contributed by atoms with Gasteiger partial charge in [-0.1, -0.05) is 43.4 Å². The summed E-state index contributed by atoms with van der Waals surface area (Å²) in [6.07, 6.45) is 9.42. The van der Waals surface area contributed by atoms with Gasteiger partial charge in [0.25, 0.3) is 0 Å². The van der Waals surface area contributed by atoms with Crippen molar-refractivity contribution in [2.75, 3.05) is 10.6 Å². The summed E-state index contributed by atoms with van der Waals surface area (Å²) in [4.78, 5) is 4.60. The Kier molecular flexibility index (Phi) is 5.28. The molecular formula is C19H27N5. The third-order valence-corrected chi connectivity index (χ3v) is 4.68. The molecule has 1 saturated carbocycles. The lowest BCUT2D eigenvalue weighted by atomic mass is 10.1. The molecule has 0 atom stereocenters. The van der Waals surface area contributed by atoms with Gasteiger partial charge in [-0.25, -0.2) is 0 Å². The topological polar surface area (TPSA) is 62.7 Å². The SMILES string of the molecule is Cc1cc(C)c(Nc2nncc(NC3CCCCCC3)n2)c(C)c1. The van der Waals surface area contributed by atoms with E-state index < -0.39 is 0 Å². The van der Waals surface area contributed by atoms with E-state index in [1.165, 1.54) is 55.2 Å². The average molecular weight is 325 g/mol. The number of nitrogens with one attached hydrogen (secondary N) is 2. The Morgan fingerprint density at radius 2 is 1.62 bits per heavy atom. The summed E-state index contributed by atoms with van der Waals surface area (Å²) in [6.45, 7) is 6.31. The van der Waals surface area contributed by atoms with Crippen LogP contribution in [0.3, 0.4) is 0 Å². The number of anilines is 3. The molecule has 0 bridgehead atoms. The number of aromatic nitrogens is 3. The van der Waals surface area contributed by atoms with Gasteiger partial charge in [0.1, 0.15) is 0 Å². The predicted molar refractivity (Wildman–Crippen MR) is 98.9 cm³/mol. The van der Waals surface area contributed by atoms with Gasteiger partial charge in [-0.15, -0.1) is 5.10 Å². The molecule has 1 aromatic carbocycles. The number of aryl methyl sites for hydroxylation is 3. The number of nitrogens with zero attached hydrogens (tertiary/aromatic N) is 3. The van der Waals surface area contributed by atoms with E-state index in [0.717, 1.165) is 11.5 Å². The maximum atomic E-state index is 4.60. The smallest absolute Gasteiger partial charge is 0.249 e. The van der Waals surface area contributed by atoms with Gasteiger partial charge in [0.05, 0.1) is 6.20 Å². The molecule has 0 spiro atoms. The van der Waals surface area contributed by atoms with E-state index in [0.29, 0.717) is 12.0 Å². The molecule has 0 unspecified atom stereocenters. The summed E-state index contributed by atoms with van der Waals surface area (Å²) in [5.74, 6) is 1.35. The molecule has 2 aromatic rings. The molecule has 2 N–H and O–H groups in total. The first-order chi connectivity index (χ1) is 11.6. The third kappa shape index (κ3) is 4.22. The largest absolute Gasteiger partial charge is 0.366 e. The van der Waals surface area contributed by atoms with Gasteiger partial charge >= 0.3 is 0 Å². The van der Waals surface area contributed by atoms with E-state index in [1.54, 1.807) is 6.20 Å². The summed E-state index contributed by atoms with van der Waals surface area (Å²) in [7, 11) is 0. The first-order valence-corrected chi connectivity index (χ1v) is 8.93. The Hall–Kier alpha value is -2.17. The molecule has 5 heteroatoms. The Morgan fingerprint density at radius 1 is 0.958 bits per heavy atom. The van der Waals surface area contributed by atoms with Crippen LogP contribution in [0.2, 0.25) is 0 Å². The monoisotopic (exact) mass is 325 g/mol. The van der Waals surface area contributed by atoms with Crippen molar-refractivity contribution in [3.63, 3.8) is 0 Å². The lowest BCUT2D eigenvalue weighted by Gasteiger charge is -2.17. The van der Waals surface area contributed by atoms with Crippen molar-refractivity contribution in [2.24, 2.45) is 0 Å². The zero-order valence-electron chi connectivity index (χ0n) is 14.9. The second kappa shape index (κ2) is 7.60. The van der Waals surface area contributed by atoms with Gasteiger partial charge in [0.15, 0.2) is 5.82 Å². The number of benzene rings is 1. The summed E-state index contributed by atoms with van der Waals surface area (Å²) in [5, 5.41) is 15.1. The molecule has 3 rings (SSSR count). The van der Waals surface area contributed by atoms with Crippen LogP contribution in [0.5, 0.6) is 0 Å². The van der Waals surface area contributed by atoms with Crippen LogP contribution in [0.25, 0.3) is 0 Å². The Labute approximate surface area is 144 Å².